The summed E-state index contributed by atoms with van der Waals surface area (Å²) in [5, 5.41) is 5.02. The smallest absolute Gasteiger partial charge is 0.133 e. The van der Waals surface area contributed by atoms with Gasteiger partial charge in [0.05, 0.1) is 0 Å². The molecule has 0 radical (unpaired) electrons. The van der Waals surface area contributed by atoms with Gasteiger partial charge in [0.2, 0.25) is 0 Å². The largest absolute Gasteiger partial charge is 0.367 e. The molecule has 0 spiro atoms. The molecule has 0 atom stereocenters. The normalized spacial score (nSPS) is 18.9. The molecule has 5 nitrogen and oxygen atoms in total. The predicted molar refractivity (Wildman–Crippen MR) is 109 cm³/mol. The lowest BCUT2D eigenvalue weighted by Crippen LogP contribution is -2.38. The lowest BCUT2D eigenvalue weighted by molar-refractivity contribution is 0.212. The first kappa shape index (κ1) is 16.8. The van der Waals surface area contributed by atoms with Crippen LogP contribution in [0.5, 0.6) is 0 Å². The molecule has 1 aliphatic heterocycles. The number of aromatic nitrogens is 3. The molecule has 0 bridgehead atoms. The molecule has 27 heavy (non-hydrogen) atoms. The first-order valence-electron chi connectivity index (χ1n) is 10.1. The van der Waals surface area contributed by atoms with Gasteiger partial charge < -0.3 is 9.88 Å². The number of piperidine rings is 1. The van der Waals surface area contributed by atoms with Gasteiger partial charge in [-0.1, -0.05) is 18.2 Å². The summed E-state index contributed by atoms with van der Waals surface area (Å²) >= 11 is 0. The highest BCUT2D eigenvalue weighted by atomic mass is 15.2. The van der Waals surface area contributed by atoms with E-state index >= 15 is 0 Å². The monoisotopic (exact) mass is 361 g/mol. The number of likely N-dealkylation sites (tertiary alicyclic amines) is 1. The van der Waals surface area contributed by atoms with Crippen molar-refractivity contribution in [3.05, 3.63) is 54.1 Å². The van der Waals surface area contributed by atoms with Crippen LogP contribution in [0, 0.1) is 0 Å². The topological polar surface area (TPSA) is 46.0 Å². The van der Waals surface area contributed by atoms with E-state index < -0.39 is 0 Å². The zero-order chi connectivity index (χ0) is 18.2. The second-order valence-corrected chi connectivity index (χ2v) is 8.05. The van der Waals surface area contributed by atoms with Crippen molar-refractivity contribution in [2.45, 2.75) is 44.2 Å². The van der Waals surface area contributed by atoms with Gasteiger partial charge in [-0.2, -0.15) is 0 Å². The van der Waals surface area contributed by atoms with Crippen molar-refractivity contribution in [3.63, 3.8) is 0 Å². The van der Waals surface area contributed by atoms with E-state index in [1.165, 1.54) is 29.3 Å². The van der Waals surface area contributed by atoms with Crippen LogP contribution >= 0.6 is 0 Å². The lowest BCUT2D eigenvalue weighted by Gasteiger charge is -2.32. The van der Waals surface area contributed by atoms with Gasteiger partial charge in [0, 0.05) is 61.9 Å². The summed E-state index contributed by atoms with van der Waals surface area (Å²) in [7, 11) is 2.14. The maximum atomic E-state index is 4.71. The molecule has 1 aromatic carbocycles. The molecular weight excluding hydrogens is 334 g/mol. The third-order valence-corrected chi connectivity index (χ3v) is 5.93. The number of nitrogens with zero attached hydrogens (tertiary/aromatic N) is 4. The van der Waals surface area contributed by atoms with E-state index in [4.69, 9.17) is 4.98 Å². The molecule has 1 saturated heterocycles. The average Bonchev–Trinajstić information content (AvgIpc) is 3.50. The van der Waals surface area contributed by atoms with Gasteiger partial charge in [0.1, 0.15) is 11.6 Å². The Morgan fingerprint density at radius 1 is 1.07 bits per heavy atom. The standard InChI is InChI=1S/C22H27N5/c1-26-14-17(19-4-2-3-5-20(19)26)15-27-12-9-18(10-13-27)24-21-8-11-23-22(25-21)16-6-7-16/h2-5,8,11,14,16,18H,6-7,9-10,12-13,15H2,1H3,(H,23,24,25). The summed E-state index contributed by atoms with van der Waals surface area (Å²) in [6.07, 6.45) is 9.00. The van der Waals surface area contributed by atoms with Crippen LogP contribution in [0.4, 0.5) is 5.82 Å². The summed E-state index contributed by atoms with van der Waals surface area (Å²) in [4.78, 5) is 11.7. The van der Waals surface area contributed by atoms with Crippen molar-refractivity contribution in [2.75, 3.05) is 18.4 Å². The molecular formula is C22H27N5. The number of benzene rings is 1. The number of anilines is 1. The summed E-state index contributed by atoms with van der Waals surface area (Å²) in [6.45, 7) is 3.29. The van der Waals surface area contributed by atoms with Crippen molar-refractivity contribution in [2.24, 2.45) is 7.05 Å². The van der Waals surface area contributed by atoms with Gasteiger partial charge in [-0.15, -0.1) is 0 Å². The fourth-order valence-corrected chi connectivity index (χ4v) is 4.23. The molecule has 5 rings (SSSR count). The third kappa shape index (κ3) is 3.56. The van der Waals surface area contributed by atoms with Gasteiger partial charge in [-0.05, 0) is 43.4 Å². The van der Waals surface area contributed by atoms with Crippen LogP contribution in [-0.2, 0) is 13.6 Å². The van der Waals surface area contributed by atoms with E-state index in [1.54, 1.807) is 0 Å². The Hall–Kier alpha value is -2.40. The van der Waals surface area contributed by atoms with E-state index in [-0.39, 0.29) is 0 Å². The van der Waals surface area contributed by atoms with Crippen LogP contribution in [0.1, 0.15) is 43.0 Å². The molecule has 140 valence electrons. The summed E-state index contributed by atoms with van der Waals surface area (Å²) in [6, 6.07) is 11.2. The predicted octanol–water partition coefficient (Wildman–Crippen LogP) is 3.92. The first-order chi connectivity index (χ1) is 13.3. The van der Waals surface area contributed by atoms with Crippen molar-refractivity contribution in [1.29, 1.82) is 0 Å². The quantitative estimate of drug-likeness (QED) is 0.748. The summed E-state index contributed by atoms with van der Waals surface area (Å²) in [5.74, 6) is 2.63. The molecule has 0 amide bonds. The molecule has 1 saturated carbocycles. The molecule has 5 heteroatoms. The van der Waals surface area contributed by atoms with E-state index in [1.807, 2.05) is 12.3 Å². The van der Waals surface area contributed by atoms with Crippen molar-refractivity contribution >= 4 is 16.7 Å². The maximum absolute atomic E-state index is 4.71. The van der Waals surface area contributed by atoms with Gasteiger partial charge >= 0.3 is 0 Å². The van der Waals surface area contributed by atoms with Gasteiger partial charge in [-0.25, -0.2) is 9.97 Å². The number of aryl methyl sites for hydroxylation is 1. The molecule has 3 aromatic rings. The Morgan fingerprint density at radius 2 is 1.89 bits per heavy atom. The number of fused-ring (bicyclic) bond motifs is 1. The highest BCUT2D eigenvalue weighted by Crippen LogP contribution is 2.38. The van der Waals surface area contributed by atoms with Crippen molar-refractivity contribution in [3.8, 4) is 0 Å². The van der Waals surface area contributed by atoms with E-state index in [9.17, 15) is 0 Å². The Morgan fingerprint density at radius 3 is 2.70 bits per heavy atom. The minimum absolute atomic E-state index is 0.510. The van der Waals surface area contributed by atoms with E-state index in [2.05, 4.69) is 57.3 Å². The molecule has 2 fully saturated rings. The second-order valence-electron chi connectivity index (χ2n) is 8.05. The van der Waals surface area contributed by atoms with Gasteiger partial charge in [-0.3, -0.25) is 4.90 Å². The molecule has 0 unspecified atom stereocenters. The Balaban J connectivity index is 1.19. The third-order valence-electron chi connectivity index (χ3n) is 5.93. The Labute approximate surface area is 160 Å². The first-order valence-corrected chi connectivity index (χ1v) is 10.1. The van der Waals surface area contributed by atoms with Crippen LogP contribution in [0.2, 0.25) is 0 Å². The van der Waals surface area contributed by atoms with Crippen molar-refractivity contribution in [1.82, 2.24) is 19.4 Å². The lowest BCUT2D eigenvalue weighted by atomic mass is 10.0. The number of rotatable bonds is 5. The number of nitrogens with one attached hydrogen (secondary N) is 1. The molecule has 2 aromatic heterocycles. The molecule has 2 aliphatic rings. The Kier molecular flexibility index (Phi) is 4.32. The van der Waals surface area contributed by atoms with Crippen LogP contribution in [0.25, 0.3) is 10.9 Å². The maximum Gasteiger partial charge on any atom is 0.133 e. The van der Waals surface area contributed by atoms with Crippen LogP contribution < -0.4 is 5.32 Å². The van der Waals surface area contributed by atoms with Crippen LogP contribution in [0.15, 0.2) is 42.7 Å². The number of para-hydroxylation sites is 1. The van der Waals surface area contributed by atoms with E-state index in [0.29, 0.717) is 12.0 Å². The zero-order valence-corrected chi connectivity index (χ0v) is 15.9. The number of hydrogen-bond donors (Lipinski definition) is 1. The molecule has 1 N–H and O–H groups in total. The highest BCUT2D eigenvalue weighted by Gasteiger charge is 2.27. The highest BCUT2D eigenvalue weighted by molar-refractivity contribution is 5.83. The fraction of sp³-hybridized carbons (Fsp3) is 0.455. The average molecular weight is 361 g/mol. The van der Waals surface area contributed by atoms with Crippen LogP contribution in [0.3, 0.4) is 0 Å². The van der Waals surface area contributed by atoms with Gasteiger partial charge in [0.15, 0.2) is 0 Å². The van der Waals surface area contributed by atoms with Crippen molar-refractivity contribution < 1.29 is 0 Å². The molecule has 1 aliphatic carbocycles. The minimum atomic E-state index is 0.510. The van der Waals surface area contributed by atoms with Gasteiger partial charge in [0.25, 0.3) is 0 Å². The molecule has 3 heterocycles. The fourth-order valence-electron chi connectivity index (χ4n) is 4.23. The summed E-state index contributed by atoms with van der Waals surface area (Å²) < 4.78 is 2.24. The van der Waals surface area contributed by atoms with E-state index in [0.717, 1.165) is 44.1 Å². The minimum Gasteiger partial charge on any atom is -0.367 e. The summed E-state index contributed by atoms with van der Waals surface area (Å²) in [5.41, 5.74) is 2.75. The second kappa shape index (κ2) is 6.97. The van der Waals surface area contributed by atoms with Crippen LogP contribution in [-0.4, -0.2) is 38.6 Å². The number of hydrogen-bond acceptors (Lipinski definition) is 4. The Bertz CT molecular complexity index is 935. The SMILES string of the molecule is Cn1cc(CN2CCC(Nc3ccnc(C4CC4)n3)CC2)c2ccccc21. The zero-order valence-electron chi connectivity index (χ0n) is 15.9.